The fraction of sp³-hybridized carbons (Fsp3) is 0.900. The second-order valence-electron chi connectivity index (χ2n) is 3.76. The summed E-state index contributed by atoms with van der Waals surface area (Å²) in [6.07, 6.45) is 2.21. The van der Waals surface area contributed by atoms with Gasteiger partial charge in [0.1, 0.15) is 0 Å². The van der Waals surface area contributed by atoms with E-state index in [1.165, 1.54) is 0 Å². The molecule has 1 amide bonds. The zero-order valence-electron chi connectivity index (χ0n) is 9.42. The van der Waals surface area contributed by atoms with Crippen LogP contribution in [0.3, 0.4) is 0 Å². The highest BCUT2D eigenvalue weighted by atomic mass is 16.3. The molecule has 0 rings (SSSR count). The molecule has 14 heavy (non-hydrogen) atoms. The van der Waals surface area contributed by atoms with Crippen molar-refractivity contribution in [3.63, 3.8) is 0 Å². The maximum atomic E-state index is 11.2. The number of hydrogen-bond donors (Lipinski definition) is 2. The molecule has 0 fully saturated rings. The number of carbonyl (C=O) groups excluding carboxylic acids is 1. The molecule has 0 aliphatic carbocycles. The Labute approximate surface area is 86.3 Å². The van der Waals surface area contributed by atoms with Crippen molar-refractivity contribution in [2.45, 2.75) is 32.2 Å². The second-order valence-corrected chi connectivity index (χ2v) is 3.76. The lowest BCUT2D eigenvalue weighted by Gasteiger charge is -2.13. The third-order valence-electron chi connectivity index (χ3n) is 2.12. The molecule has 0 aliphatic rings. The SMILES string of the molecule is CC(CCO)NCCCC(=O)N(C)C. The first-order chi connectivity index (χ1) is 6.57. The molecule has 0 spiro atoms. The number of nitrogens with zero attached hydrogens (tertiary/aromatic N) is 1. The van der Waals surface area contributed by atoms with Gasteiger partial charge in [0.15, 0.2) is 0 Å². The van der Waals surface area contributed by atoms with Gasteiger partial charge >= 0.3 is 0 Å². The second kappa shape index (κ2) is 7.76. The maximum Gasteiger partial charge on any atom is 0.222 e. The van der Waals surface area contributed by atoms with E-state index in [1.54, 1.807) is 19.0 Å². The van der Waals surface area contributed by atoms with Crippen molar-refractivity contribution in [2.75, 3.05) is 27.2 Å². The van der Waals surface area contributed by atoms with Crippen LogP contribution in [0.2, 0.25) is 0 Å². The summed E-state index contributed by atoms with van der Waals surface area (Å²) in [5, 5.41) is 11.9. The third-order valence-corrected chi connectivity index (χ3v) is 2.12. The van der Waals surface area contributed by atoms with Gasteiger partial charge in [0.25, 0.3) is 0 Å². The molecule has 0 bridgehead atoms. The quantitative estimate of drug-likeness (QED) is 0.580. The standard InChI is InChI=1S/C10H22N2O2/c1-9(6-8-13)11-7-4-5-10(14)12(2)3/h9,11,13H,4-8H2,1-3H3. The Balaban J connectivity index is 3.33. The molecule has 4 nitrogen and oxygen atoms in total. The average molecular weight is 202 g/mol. The summed E-state index contributed by atoms with van der Waals surface area (Å²) in [7, 11) is 3.54. The van der Waals surface area contributed by atoms with Crippen LogP contribution >= 0.6 is 0 Å². The van der Waals surface area contributed by atoms with E-state index in [0.717, 1.165) is 19.4 Å². The largest absolute Gasteiger partial charge is 0.396 e. The van der Waals surface area contributed by atoms with Gasteiger partial charge in [-0.1, -0.05) is 0 Å². The molecular weight excluding hydrogens is 180 g/mol. The number of rotatable bonds is 7. The van der Waals surface area contributed by atoms with E-state index < -0.39 is 0 Å². The highest BCUT2D eigenvalue weighted by Gasteiger charge is 2.04. The highest BCUT2D eigenvalue weighted by Crippen LogP contribution is 1.94. The molecule has 1 unspecified atom stereocenters. The Bertz CT molecular complexity index is 160. The van der Waals surface area contributed by atoms with Crippen LogP contribution < -0.4 is 5.32 Å². The molecule has 0 heterocycles. The average Bonchev–Trinajstić information content (AvgIpc) is 2.12. The lowest BCUT2D eigenvalue weighted by molar-refractivity contribution is -0.128. The van der Waals surface area contributed by atoms with Gasteiger partial charge in [-0.3, -0.25) is 4.79 Å². The minimum Gasteiger partial charge on any atom is -0.396 e. The molecule has 4 heteroatoms. The Hall–Kier alpha value is -0.610. The smallest absolute Gasteiger partial charge is 0.222 e. The highest BCUT2D eigenvalue weighted by molar-refractivity contribution is 5.75. The van der Waals surface area contributed by atoms with Gasteiger partial charge in [0.2, 0.25) is 5.91 Å². The Morgan fingerprint density at radius 3 is 2.64 bits per heavy atom. The van der Waals surface area contributed by atoms with Crippen LogP contribution in [-0.4, -0.2) is 49.2 Å². The molecule has 0 radical (unpaired) electrons. The van der Waals surface area contributed by atoms with Crippen molar-refractivity contribution < 1.29 is 9.90 Å². The third kappa shape index (κ3) is 6.86. The Morgan fingerprint density at radius 1 is 1.50 bits per heavy atom. The predicted molar refractivity (Wildman–Crippen MR) is 57.1 cm³/mol. The normalized spacial score (nSPS) is 12.6. The lowest BCUT2D eigenvalue weighted by atomic mass is 10.2. The number of hydrogen-bond acceptors (Lipinski definition) is 3. The van der Waals surface area contributed by atoms with E-state index in [-0.39, 0.29) is 12.5 Å². The number of carbonyl (C=O) groups is 1. The van der Waals surface area contributed by atoms with Crippen molar-refractivity contribution in [1.82, 2.24) is 10.2 Å². The Kier molecular flexibility index (Phi) is 7.42. The summed E-state index contributed by atoms with van der Waals surface area (Å²) in [5.74, 6) is 0.168. The number of aliphatic hydroxyl groups excluding tert-OH is 1. The molecule has 0 aromatic rings. The number of aliphatic hydroxyl groups is 1. The van der Waals surface area contributed by atoms with Crippen LogP contribution in [0.15, 0.2) is 0 Å². The van der Waals surface area contributed by atoms with Crippen LogP contribution in [0.25, 0.3) is 0 Å². The van der Waals surface area contributed by atoms with Gasteiger partial charge in [0, 0.05) is 33.2 Å². The summed E-state index contributed by atoms with van der Waals surface area (Å²) in [6, 6.07) is 0.328. The summed E-state index contributed by atoms with van der Waals surface area (Å²) in [4.78, 5) is 12.8. The molecule has 0 saturated carbocycles. The fourth-order valence-electron chi connectivity index (χ4n) is 1.11. The molecule has 0 aromatic heterocycles. The van der Waals surface area contributed by atoms with Gasteiger partial charge in [-0.2, -0.15) is 0 Å². The van der Waals surface area contributed by atoms with Crippen molar-refractivity contribution in [3.8, 4) is 0 Å². The number of amides is 1. The van der Waals surface area contributed by atoms with Crippen LogP contribution in [0.4, 0.5) is 0 Å². The van der Waals surface area contributed by atoms with Crippen molar-refractivity contribution in [3.05, 3.63) is 0 Å². The topological polar surface area (TPSA) is 52.6 Å². The summed E-state index contributed by atoms with van der Waals surface area (Å²) < 4.78 is 0. The zero-order valence-corrected chi connectivity index (χ0v) is 9.42. The zero-order chi connectivity index (χ0) is 11.0. The molecule has 0 aromatic carbocycles. The first-order valence-corrected chi connectivity index (χ1v) is 5.12. The molecule has 0 saturated heterocycles. The monoisotopic (exact) mass is 202 g/mol. The van der Waals surface area contributed by atoms with E-state index in [4.69, 9.17) is 5.11 Å². The van der Waals surface area contributed by atoms with E-state index in [2.05, 4.69) is 5.32 Å². The van der Waals surface area contributed by atoms with Crippen molar-refractivity contribution in [2.24, 2.45) is 0 Å². The fourth-order valence-corrected chi connectivity index (χ4v) is 1.11. The predicted octanol–water partition coefficient (Wildman–Crippen LogP) is 0.215. The lowest BCUT2D eigenvalue weighted by Crippen LogP contribution is -2.29. The van der Waals surface area contributed by atoms with Gasteiger partial charge in [0.05, 0.1) is 0 Å². The van der Waals surface area contributed by atoms with Gasteiger partial charge in [-0.05, 0) is 26.3 Å². The van der Waals surface area contributed by atoms with E-state index in [9.17, 15) is 4.79 Å². The van der Waals surface area contributed by atoms with E-state index in [1.807, 2.05) is 6.92 Å². The van der Waals surface area contributed by atoms with Crippen LogP contribution in [0, 0.1) is 0 Å². The van der Waals surface area contributed by atoms with Crippen LogP contribution in [-0.2, 0) is 4.79 Å². The molecule has 0 aliphatic heterocycles. The molecule has 2 N–H and O–H groups in total. The summed E-state index contributed by atoms with van der Waals surface area (Å²) >= 11 is 0. The van der Waals surface area contributed by atoms with Crippen LogP contribution in [0.1, 0.15) is 26.2 Å². The molecule has 84 valence electrons. The summed E-state index contributed by atoms with van der Waals surface area (Å²) in [6.45, 7) is 3.08. The maximum absolute atomic E-state index is 11.2. The molecule has 1 atom stereocenters. The summed E-state index contributed by atoms with van der Waals surface area (Å²) in [5.41, 5.74) is 0. The van der Waals surface area contributed by atoms with Crippen LogP contribution in [0.5, 0.6) is 0 Å². The molecular formula is C10H22N2O2. The van der Waals surface area contributed by atoms with E-state index >= 15 is 0 Å². The van der Waals surface area contributed by atoms with Crippen molar-refractivity contribution >= 4 is 5.91 Å². The van der Waals surface area contributed by atoms with E-state index in [0.29, 0.717) is 12.5 Å². The van der Waals surface area contributed by atoms with Gasteiger partial charge in [-0.25, -0.2) is 0 Å². The number of nitrogens with one attached hydrogen (secondary N) is 1. The first-order valence-electron chi connectivity index (χ1n) is 5.12. The van der Waals surface area contributed by atoms with Gasteiger partial charge < -0.3 is 15.3 Å². The Morgan fingerprint density at radius 2 is 2.14 bits per heavy atom. The van der Waals surface area contributed by atoms with Gasteiger partial charge in [-0.15, -0.1) is 0 Å². The first kappa shape index (κ1) is 13.4. The minimum absolute atomic E-state index is 0.168. The van der Waals surface area contributed by atoms with Crippen molar-refractivity contribution in [1.29, 1.82) is 0 Å². The minimum atomic E-state index is 0.168.